The van der Waals surface area contributed by atoms with Gasteiger partial charge >= 0.3 is 0 Å². The normalized spacial score (nSPS) is 13.9. The van der Waals surface area contributed by atoms with Gasteiger partial charge in [-0.05, 0) is 48.9 Å². The first-order valence-electron chi connectivity index (χ1n) is 9.49. The third kappa shape index (κ3) is 6.82. The summed E-state index contributed by atoms with van der Waals surface area (Å²) in [5.74, 6) is 0.122. The minimum absolute atomic E-state index is 0. The Kier molecular flexibility index (Phi) is 11.1. The van der Waals surface area contributed by atoms with Crippen LogP contribution in [0.2, 0.25) is 0 Å². The average Bonchev–Trinajstić information content (AvgIpc) is 2.71. The second-order valence-electron chi connectivity index (χ2n) is 6.78. The van der Waals surface area contributed by atoms with Gasteiger partial charge in [-0.25, -0.2) is 4.39 Å². The summed E-state index contributed by atoms with van der Waals surface area (Å²) in [4.78, 5) is 16.5. The molecule has 0 saturated carbocycles. The molecule has 2 aromatic rings. The molecule has 1 saturated heterocycles. The molecule has 0 aromatic heterocycles. The maximum atomic E-state index is 14.3. The van der Waals surface area contributed by atoms with Crippen molar-refractivity contribution in [1.82, 2.24) is 9.80 Å². The van der Waals surface area contributed by atoms with Gasteiger partial charge in [0.15, 0.2) is 0 Å². The van der Waals surface area contributed by atoms with Gasteiger partial charge in [0.1, 0.15) is 17.3 Å². The Morgan fingerprint density at radius 3 is 2.27 bits per heavy atom. The predicted octanol–water partition coefficient (Wildman–Crippen LogP) is 2.71. The fourth-order valence-corrected chi connectivity index (χ4v) is 3.25. The van der Waals surface area contributed by atoms with Crippen LogP contribution in [0.4, 0.5) is 4.39 Å². The van der Waals surface area contributed by atoms with Crippen molar-refractivity contribution in [2.45, 2.75) is 6.42 Å². The summed E-state index contributed by atoms with van der Waals surface area (Å²) in [6.45, 7) is 3.60. The summed E-state index contributed by atoms with van der Waals surface area (Å²) >= 11 is 0. The van der Waals surface area contributed by atoms with Gasteiger partial charge in [-0.2, -0.15) is 0 Å². The van der Waals surface area contributed by atoms with Crippen molar-refractivity contribution in [3.8, 4) is 11.5 Å². The molecule has 1 aliphatic rings. The lowest BCUT2D eigenvalue weighted by atomic mass is 10.1. The van der Waals surface area contributed by atoms with Gasteiger partial charge in [0.05, 0.1) is 12.2 Å². The molecule has 1 fully saturated rings. The van der Waals surface area contributed by atoms with Crippen LogP contribution in [0.5, 0.6) is 11.5 Å². The van der Waals surface area contributed by atoms with E-state index in [0.29, 0.717) is 50.8 Å². The molecule has 0 aliphatic carbocycles. The van der Waals surface area contributed by atoms with Gasteiger partial charge in [-0.3, -0.25) is 9.69 Å². The van der Waals surface area contributed by atoms with Crippen molar-refractivity contribution in [2.75, 3.05) is 45.9 Å². The van der Waals surface area contributed by atoms with Crippen LogP contribution in [0.1, 0.15) is 15.9 Å². The van der Waals surface area contributed by atoms with Gasteiger partial charge in [0.2, 0.25) is 0 Å². The zero-order chi connectivity index (χ0) is 19.9. The van der Waals surface area contributed by atoms with E-state index >= 15 is 0 Å². The highest BCUT2D eigenvalue weighted by Crippen LogP contribution is 2.25. The number of hydrogen-bond acceptors (Lipinski definition) is 5. The number of amides is 1. The van der Waals surface area contributed by atoms with Crippen molar-refractivity contribution in [1.29, 1.82) is 0 Å². The van der Waals surface area contributed by atoms with Gasteiger partial charge in [-0.1, -0.05) is 12.1 Å². The SMILES string of the molecule is Cl.Cl.NCCc1ccc(Oc2ccc(F)c(C(=O)N3CCN(CCO)CC3)c2)cc1. The van der Waals surface area contributed by atoms with E-state index in [2.05, 4.69) is 4.90 Å². The number of piperazine rings is 1. The highest BCUT2D eigenvalue weighted by molar-refractivity contribution is 5.95. The molecular formula is C21H28Cl2FN3O3. The van der Waals surface area contributed by atoms with Crippen LogP contribution in [0.3, 0.4) is 0 Å². The van der Waals surface area contributed by atoms with E-state index < -0.39 is 5.82 Å². The Morgan fingerprint density at radius 2 is 1.67 bits per heavy atom. The van der Waals surface area contributed by atoms with Crippen molar-refractivity contribution in [3.63, 3.8) is 0 Å². The summed E-state index contributed by atoms with van der Waals surface area (Å²) in [5.41, 5.74) is 6.67. The molecule has 3 rings (SSSR count). The van der Waals surface area contributed by atoms with Crippen LogP contribution in [-0.4, -0.2) is 66.7 Å². The van der Waals surface area contributed by atoms with Crippen molar-refractivity contribution < 1.29 is 19.0 Å². The van der Waals surface area contributed by atoms with E-state index in [9.17, 15) is 9.18 Å². The molecule has 0 atom stereocenters. The van der Waals surface area contributed by atoms with Crippen LogP contribution in [0.25, 0.3) is 0 Å². The number of carbonyl (C=O) groups is 1. The summed E-state index contributed by atoms with van der Waals surface area (Å²) in [5, 5.41) is 9.01. The number of aliphatic hydroxyl groups is 1. The lowest BCUT2D eigenvalue weighted by Gasteiger charge is -2.34. The Morgan fingerprint density at radius 1 is 1.03 bits per heavy atom. The lowest BCUT2D eigenvalue weighted by molar-refractivity contribution is 0.0610. The molecule has 0 radical (unpaired) electrons. The number of aliphatic hydroxyl groups excluding tert-OH is 1. The third-order valence-corrected chi connectivity index (χ3v) is 4.84. The molecule has 3 N–H and O–H groups in total. The molecule has 1 amide bonds. The van der Waals surface area contributed by atoms with Crippen LogP contribution < -0.4 is 10.5 Å². The van der Waals surface area contributed by atoms with Gasteiger partial charge in [-0.15, -0.1) is 24.8 Å². The largest absolute Gasteiger partial charge is 0.457 e. The quantitative estimate of drug-likeness (QED) is 0.665. The molecule has 0 spiro atoms. The molecule has 6 nitrogen and oxygen atoms in total. The smallest absolute Gasteiger partial charge is 0.257 e. The molecule has 2 aromatic carbocycles. The number of β-amino-alcohol motifs (C(OH)–C–C–N with tert-alkyl or cyclic N) is 1. The number of benzene rings is 2. The van der Waals surface area contributed by atoms with E-state index in [4.69, 9.17) is 15.6 Å². The minimum atomic E-state index is -0.562. The number of hydrogen-bond donors (Lipinski definition) is 2. The maximum Gasteiger partial charge on any atom is 0.257 e. The zero-order valence-corrected chi connectivity index (χ0v) is 18.3. The van der Waals surface area contributed by atoms with E-state index in [1.165, 1.54) is 18.2 Å². The van der Waals surface area contributed by atoms with E-state index in [-0.39, 0.29) is 42.9 Å². The first-order valence-corrected chi connectivity index (χ1v) is 9.49. The Hall–Kier alpha value is -1.90. The molecule has 1 heterocycles. The second kappa shape index (κ2) is 12.7. The minimum Gasteiger partial charge on any atom is -0.457 e. The highest BCUT2D eigenvalue weighted by Gasteiger charge is 2.24. The summed E-state index contributed by atoms with van der Waals surface area (Å²) in [7, 11) is 0. The van der Waals surface area contributed by atoms with Gasteiger partial charge < -0.3 is 20.5 Å². The van der Waals surface area contributed by atoms with E-state index in [1.54, 1.807) is 4.90 Å². The monoisotopic (exact) mass is 459 g/mol. The first-order chi connectivity index (χ1) is 13.6. The number of nitrogens with zero attached hydrogens (tertiary/aromatic N) is 2. The fraction of sp³-hybridized carbons (Fsp3) is 0.381. The number of carbonyl (C=O) groups excluding carboxylic acids is 1. The number of ether oxygens (including phenoxy) is 1. The van der Waals surface area contributed by atoms with Crippen LogP contribution in [0.15, 0.2) is 42.5 Å². The summed E-state index contributed by atoms with van der Waals surface area (Å²) < 4.78 is 20.1. The molecule has 1 aliphatic heterocycles. The molecule has 0 bridgehead atoms. The number of nitrogens with two attached hydrogens (primary N) is 1. The van der Waals surface area contributed by atoms with Crippen LogP contribution in [-0.2, 0) is 6.42 Å². The lowest BCUT2D eigenvalue weighted by Crippen LogP contribution is -2.49. The van der Waals surface area contributed by atoms with Crippen molar-refractivity contribution in [3.05, 3.63) is 59.4 Å². The number of rotatable bonds is 7. The molecule has 30 heavy (non-hydrogen) atoms. The Labute approximate surface area is 188 Å². The predicted molar refractivity (Wildman–Crippen MR) is 120 cm³/mol. The van der Waals surface area contributed by atoms with Gasteiger partial charge in [0, 0.05) is 32.7 Å². The molecule has 0 unspecified atom stereocenters. The summed E-state index contributed by atoms with van der Waals surface area (Å²) in [6, 6.07) is 11.7. The van der Waals surface area contributed by atoms with E-state index in [1.807, 2.05) is 24.3 Å². The Bertz CT molecular complexity index is 801. The van der Waals surface area contributed by atoms with Crippen molar-refractivity contribution in [2.24, 2.45) is 5.73 Å². The first kappa shape index (κ1) is 26.1. The average molecular weight is 460 g/mol. The molecular weight excluding hydrogens is 432 g/mol. The fourth-order valence-electron chi connectivity index (χ4n) is 3.25. The molecule has 9 heteroatoms. The standard InChI is InChI=1S/C21H26FN3O3.2ClH/c22-20-6-5-18(28-17-3-1-16(2-4-17)7-8-23)15-19(20)21(27)25-11-9-24(10-12-25)13-14-26;;/h1-6,15,26H,7-14,23H2;2*1H. The Balaban J connectivity index is 0.00000225. The van der Waals surface area contributed by atoms with Gasteiger partial charge in [0.25, 0.3) is 5.91 Å². The zero-order valence-electron chi connectivity index (χ0n) is 16.6. The second-order valence-corrected chi connectivity index (χ2v) is 6.78. The summed E-state index contributed by atoms with van der Waals surface area (Å²) in [6.07, 6.45) is 0.793. The highest BCUT2D eigenvalue weighted by atomic mass is 35.5. The van der Waals surface area contributed by atoms with Crippen LogP contribution in [0, 0.1) is 5.82 Å². The van der Waals surface area contributed by atoms with Crippen molar-refractivity contribution >= 4 is 30.7 Å². The number of halogens is 3. The topological polar surface area (TPSA) is 79.0 Å². The van der Waals surface area contributed by atoms with E-state index in [0.717, 1.165) is 12.0 Å². The van der Waals surface area contributed by atoms with Crippen LogP contribution >= 0.6 is 24.8 Å². The maximum absolute atomic E-state index is 14.3. The molecule has 166 valence electrons. The third-order valence-electron chi connectivity index (χ3n) is 4.84.